The highest BCUT2D eigenvalue weighted by Crippen LogP contribution is 2.23. The van der Waals surface area contributed by atoms with Crippen molar-refractivity contribution in [2.24, 2.45) is 22.7 Å². The van der Waals surface area contributed by atoms with Crippen molar-refractivity contribution in [2.75, 3.05) is 0 Å². The van der Waals surface area contributed by atoms with Crippen LogP contribution in [0, 0.1) is 22.7 Å². The summed E-state index contributed by atoms with van der Waals surface area (Å²) in [4.78, 5) is 0. The molecule has 0 aliphatic carbocycles. The largest absolute Gasteiger partial charge is 0.0649 e. The van der Waals surface area contributed by atoms with E-state index in [1.165, 1.54) is 25.7 Å². The van der Waals surface area contributed by atoms with Crippen molar-refractivity contribution in [3.05, 3.63) is 0 Å². The van der Waals surface area contributed by atoms with Crippen LogP contribution in [0.4, 0.5) is 0 Å². The summed E-state index contributed by atoms with van der Waals surface area (Å²) in [6.07, 6.45) is 5.18. The van der Waals surface area contributed by atoms with Gasteiger partial charge in [0.1, 0.15) is 0 Å². The van der Waals surface area contributed by atoms with Crippen molar-refractivity contribution in [3.63, 3.8) is 0 Å². The Kier molecular flexibility index (Phi) is 15.9. The van der Waals surface area contributed by atoms with Gasteiger partial charge in [-0.3, -0.25) is 0 Å². The monoisotopic (exact) mass is 286 g/mol. The van der Waals surface area contributed by atoms with Gasteiger partial charge < -0.3 is 0 Å². The van der Waals surface area contributed by atoms with Gasteiger partial charge in [-0.1, -0.05) is 109 Å². The maximum atomic E-state index is 2.30. The molecular formula is C20H46. The zero-order valence-electron chi connectivity index (χ0n) is 17.0. The predicted molar refractivity (Wildman–Crippen MR) is 98.4 cm³/mol. The van der Waals surface area contributed by atoms with E-state index in [-0.39, 0.29) is 0 Å². The van der Waals surface area contributed by atoms with Crippen molar-refractivity contribution in [1.29, 1.82) is 0 Å². The Bertz CT molecular complexity index is 150. The van der Waals surface area contributed by atoms with E-state index in [1.807, 2.05) is 0 Å². The molecule has 0 saturated carbocycles. The van der Waals surface area contributed by atoms with Crippen LogP contribution in [0.2, 0.25) is 0 Å². The Labute approximate surface area is 132 Å². The molecule has 0 bridgehead atoms. The Morgan fingerprint density at radius 3 is 0.650 bits per heavy atom. The van der Waals surface area contributed by atoms with Gasteiger partial charge in [0.2, 0.25) is 0 Å². The molecule has 0 aromatic heterocycles. The van der Waals surface area contributed by atoms with Crippen LogP contribution in [-0.2, 0) is 0 Å². The highest BCUT2D eigenvalue weighted by Gasteiger charge is 2.10. The number of rotatable bonds is 5. The highest BCUT2D eigenvalue weighted by atomic mass is 14.2. The van der Waals surface area contributed by atoms with E-state index >= 15 is 0 Å². The third-order valence-electron chi connectivity index (χ3n) is 5.16. The smallest absolute Gasteiger partial charge is 0.0359 e. The summed E-state index contributed by atoms with van der Waals surface area (Å²) in [5.74, 6) is 1.70. The molecule has 0 atom stereocenters. The van der Waals surface area contributed by atoms with Crippen molar-refractivity contribution in [3.8, 4) is 0 Å². The van der Waals surface area contributed by atoms with Crippen molar-refractivity contribution in [2.45, 2.75) is 109 Å². The second kappa shape index (κ2) is 12.7. The molecular weight excluding hydrogens is 240 g/mol. The van der Waals surface area contributed by atoms with Gasteiger partial charge in [-0.25, -0.2) is 0 Å². The quantitative estimate of drug-likeness (QED) is 0.480. The number of hydrogen-bond donors (Lipinski definition) is 0. The first-order valence-corrected chi connectivity index (χ1v) is 8.89. The molecule has 0 spiro atoms. The zero-order valence-corrected chi connectivity index (χ0v) is 17.0. The van der Waals surface area contributed by atoms with E-state index in [9.17, 15) is 0 Å². The van der Waals surface area contributed by atoms with Crippen LogP contribution in [0.15, 0.2) is 0 Å². The molecule has 0 amide bonds. The SMILES string of the molecule is CC(C)C(C)C.CCC(C)(C)CC.CCC(C)(C)CC. The molecule has 0 aromatic carbocycles. The first kappa shape index (κ1) is 25.0. The molecule has 0 aliphatic rings. The lowest BCUT2D eigenvalue weighted by Gasteiger charge is -2.18. The van der Waals surface area contributed by atoms with E-state index in [2.05, 4.69) is 83.1 Å². The Morgan fingerprint density at radius 2 is 0.650 bits per heavy atom. The molecule has 20 heavy (non-hydrogen) atoms. The number of hydrogen-bond acceptors (Lipinski definition) is 0. The second-order valence-electron chi connectivity index (χ2n) is 8.23. The molecule has 0 rings (SSSR count). The first-order chi connectivity index (χ1) is 8.89. The van der Waals surface area contributed by atoms with Gasteiger partial charge >= 0.3 is 0 Å². The van der Waals surface area contributed by atoms with Gasteiger partial charge in [-0.15, -0.1) is 0 Å². The molecule has 0 nitrogen and oxygen atoms in total. The fourth-order valence-corrected chi connectivity index (χ4v) is 0.500. The highest BCUT2D eigenvalue weighted by molar-refractivity contribution is 4.62. The molecule has 0 unspecified atom stereocenters. The summed E-state index contributed by atoms with van der Waals surface area (Å²) >= 11 is 0. The first-order valence-electron chi connectivity index (χ1n) is 8.89. The normalized spacial score (nSPS) is 11.7. The predicted octanol–water partition coefficient (Wildman–Crippen LogP) is 7.96. The molecule has 0 N–H and O–H groups in total. The Morgan fingerprint density at radius 1 is 0.500 bits per heavy atom. The summed E-state index contributed by atoms with van der Waals surface area (Å²) in [5, 5.41) is 0. The minimum absolute atomic E-state index is 0.583. The van der Waals surface area contributed by atoms with Crippen LogP contribution in [0.3, 0.4) is 0 Å². The van der Waals surface area contributed by atoms with E-state index in [0.717, 1.165) is 11.8 Å². The third-order valence-corrected chi connectivity index (χ3v) is 5.16. The summed E-state index contributed by atoms with van der Waals surface area (Å²) in [6.45, 7) is 27.1. The van der Waals surface area contributed by atoms with Gasteiger partial charge in [-0.05, 0) is 22.7 Å². The molecule has 0 radical (unpaired) electrons. The summed E-state index contributed by atoms with van der Waals surface area (Å²) < 4.78 is 0. The van der Waals surface area contributed by atoms with E-state index in [1.54, 1.807) is 0 Å². The van der Waals surface area contributed by atoms with Crippen molar-refractivity contribution in [1.82, 2.24) is 0 Å². The molecule has 0 aliphatic heterocycles. The lowest BCUT2D eigenvalue weighted by atomic mass is 9.88. The molecule has 0 heteroatoms. The summed E-state index contributed by atoms with van der Waals surface area (Å²) in [7, 11) is 0. The van der Waals surface area contributed by atoms with E-state index in [0.29, 0.717) is 10.8 Å². The zero-order chi connectivity index (χ0) is 17.0. The standard InChI is InChI=1S/2C7H16.C6H14/c2*1-5-7(3,4)6-2;1-5(2)6(3)4/h2*5-6H2,1-4H3;5-6H,1-4H3. The van der Waals surface area contributed by atoms with Crippen LogP contribution in [0.25, 0.3) is 0 Å². The average Bonchev–Trinajstić information content (AvgIpc) is 2.40. The van der Waals surface area contributed by atoms with E-state index in [4.69, 9.17) is 0 Å². The Hall–Kier alpha value is 0. The van der Waals surface area contributed by atoms with Gasteiger partial charge in [0, 0.05) is 0 Å². The molecule has 0 fully saturated rings. The van der Waals surface area contributed by atoms with Crippen LogP contribution >= 0.6 is 0 Å². The maximum Gasteiger partial charge on any atom is -0.0359 e. The third kappa shape index (κ3) is 20.3. The van der Waals surface area contributed by atoms with Crippen LogP contribution in [-0.4, -0.2) is 0 Å². The van der Waals surface area contributed by atoms with Gasteiger partial charge in [0.05, 0.1) is 0 Å². The fraction of sp³-hybridized carbons (Fsp3) is 1.00. The van der Waals surface area contributed by atoms with Crippen molar-refractivity contribution < 1.29 is 0 Å². The average molecular weight is 287 g/mol. The van der Waals surface area contributed by atoms with Gasteiger partial charge in [0.15, 0.2) is 0 Å². The van der Waals surface area contributed by atoms with Gasteiger partial charge in [-0.2, -0.15) is 0 Å². The van der Waals surface area contributed by atoms with Crippen LogP contribution in [0.1, 0.15) is 109 Å². The Balaban J connectivity index is -0.000000218. The maximum absolute atomic E-state index is 2.30. The fourth-order valence-electron chi connectivity index (χ4n) is 0.500. The molecule has 126 valence electrons. The molecule has 0 saturated heterocycles. The topological polar surface area (TPSA) is 0 Å². The molecule has 0 aromatic rings. The van der Waals surface area contributed by atoms with Crippen molar-refractivity contribution >= 4 is 0 Å². The van der Waals surface area contributed by atoms with Crippen LogP contribution < -0.4 is 0 Å². The van der Waals surface area contributed by atoms with E-state index < -0.39 is 0 Å². The summed E-state index contributed by atoms with van der Waals surface area (Å²) in [5.41, 5.74) is 1.17. The van der Waals surface area contributed by atoms with Crippen LogP contribution in [0.5, 0.6) is 0 Å². The summed E-state index contributed by atoms with van der Waals surface area (Å²) in [6, 6.07) is 0. The lowest BCUT2D eigenvalue weighted by molar-refractivity contribution is 0.338. The minimum atomic E-state index is 0.583. The second-order valence-corrected chi connectivity index (χ2v) is 8.23. The molecule has 0 heterocycles. The minimum Gasteiger partial charge on any atom is -0.0649 e. The van der Waals surface area contributed by atoms with Gasteiger partial charge in [0.25, 0.3) is 0 Å². The lowest BCUT2D eigenvalue weighted by Crippen LogP contribution is -2.05.